The number of rotatable bonds is 3. The third kappa shape index (κ3) is 3.46. The monoisotopic (exact) mass is 229 g/mol. The largest absolute Gasteiger partial charge is 0.481 e. The van der Waals surface area contributed by atoms with Crippen molar-refractivity contribution in [2.24, 2.45) is 5.92 Å². The van der Waals surface area contributed by atoms with Crippen molar-refractivity contribution in [1.29, 1.82) is 0 Å². The van der Waals surface area contributed by atoms with Crippen molar-refractivity contribution < 1.29 is 15.0 Å². The molecular weight excluding hydrogens is 206 g/mol. The predicted molar refractivity (Wildman–Crippen MR) is 62.3 cm³/mol. The van der Waals surface area contributed by atoms with Crippen molar-refractivity contribution in [3.63, 3.8) is 0 Å². The van der Waals surface area contributed by atoms with Crippen LogP contribution < -0.4 is 0 Å². The van der Waals surface area contributed by atoms with Crippen LogP contribution in [-0.2, 0) is 4.79 Å². The maximum atomic E-state index is 10.9. The number of carboxylic acid groups (broad SMARTS) is 1. The molecule has 0 aromatic heterocycles. The van der Waals surface area contributed by atoms with E-state index in [4.69, 9.17) is 5.11 Å². The van der Waals surface area contributed by atoms with Gasteiger partial charge in [-0.2, -0.15) is 0 Å². The summed E-state index contributed by atoms with van der Waals surface area (Å²) in [5, 5.41) is 18.9. The highest BCUT2D eigenvalue weighted by Gasteiger charge is 2.30. The van der Waals surface area contributed by atoms with Crippen LogP contribution in [-0.4, -0.2) is 45.8 Å². The molecule has 0 aromatic rings. The highest BCUT2D eigenvalue weighted by Crippen LogP contribution is 2.24. The molecule has 1 fully saturated rings. The lowest BCUT2D eigenvalue weighted by Gasteiger charge is -2.30. The number of hydrogen-bond acceptors (Lipinski definition) is 3. The van der Waals surface area contributed by atoms with Gasteiger partial charge < -0.3 is 10.2 Å². The standard InChI is InChI=1S/C12H23NO3/c1-9(11(14)15)10(2)13-7-4-5-12(3,16)6-8-13/h9-10,16H,4-8H2,1-3H3,(H,14,15). The molecule has 0 bridgehead atoms. The molecule has 1 heterocycles. The first-order valence-electron chi connectivity index (χ1n) is 6.03. The predicted octanol–water partition coefficient (Wildman–Crippen LogP) is 1.33. The summed E-state index contributed by atoms with van der Waals surface area (Å²) in [6, 6.07) is 0.0337. The van der Waals surface area contributed by atoms with E-state index in [-0.39, 0.29) is 12.0 Å². The Morgan fingerprint density at radius 3 is 2.50 bits per heavy atom. The van der Waals surface area contributed by atoms with E-state index in [1.807, 2.05) is 13.8 Å². The summed E-state index contributed by atoms with van der Waals surface area (Å²) in [5.41, 5.74) is -0.582. The molecule has 0 spiro atoms. The molecule has 1 aliphatic rings. The molecule has 3 atom stereocenters. The van der Waals surface area contributed by atoms with Gasteiger partial charge in [0.2, 0.25) is 0 Å². The molecule has 0 aliphatic carbocycles. The van der Waals surface area contributed by atoms with Gasteiger partial charge in [0.15, 0.2) is 0 Å². The van der Waals surface area contributed by atoms with Gasteiger partial charge in [0.25, 0.3) is 0 Å². The molecule has 1 rings (SSSR count). The molecule has 0 amide bonds. The average Bonchev–Trinajstić information content (AvgIpc) is 2.37. The van der Waals surface area contributed by atoms with E-state index < -0.39 is 11.6 Å². The van der Waals surface area contributed by atoms with Gasteiger partial charge in [-0.15, -0.1) is 0 Å². The highest BCUT2D eigenvalue weighted by atomic mass is 16.4. The Hall–Kier alpha value is -0.610. The SMILES string of the molecule is CC(C(=O)O)C(C)N1CCCC(C)(O)CC1. The van der Waals surface area contributed by atoms with Gasteiger partial charge in [-0.25, -0.2) is 0 Å². The fraction of sp³-hybridized carbons (Fsp3) is 0.917. The van der Waals surface area contributed by atoms with Crippen LogP contribution >= 0.6 is 0 Å². The summed E-state index contributed by atoms with van der Waals surface area (Å²) in [7, 11) is 0. The molecule has 0 radical (unpaired) electrons. The number of aliphatic hydroxyl groups is 1. The van der Waals surface area contributed by atoms with Crippen molar-refractivity contribution in [3.05, 3.63) is 0 Å². The molecule has 3 unspecified atom stereocenters. The van der Waals surface area contributed by atoms with Gasteiger partial charge >= 0.3 is 5.97 Å². The van der Waals surface area contributed by atoms with E-state index in [0.717, 1.165) is 32.4 Å². The van der Waals surface area contributed by atoms with E-state index >= 15 is 0 Å². The lowest BCUT2D eigenvalue weighted by molar-refractivity contribution is -0.143. The highest BCUT2D eigenvalue weighted by molar-refractivity contribution is 5.70. The van der Waals surface area contributed by atoms with Crippen LogP contribution in [0.15, 0.2) is 0 Å². The number of hydrogen-bond donors (Lipinski definition) is 2. The minimum absolute atomic E-state index is 0.0337. The van der Waals surface area contributed by atoms with Crippen molar-refractivity contribution in [2.75, 3.05) is 13.1 Å². The van der Waals surface area contributed by atoms with E-state index in [1.54, 1.807) is 6.92 Å². The summed E-state index contributed by atoms with van der Waals surface area (Å²) in [6.07, 6.45) is 2.46. The smallest absolute Gasteiger partial charge is 0.307 e. The second kappa shape index (κ2) is 5.15. The van der Waals surface area contributed by atoms with Crippen molar-refractivity contribution in [1.82, 2.24) is 4.90 Å². The van der Waals surface area contributed by atoms with Crippen LogP contribution in [0.2, 0.25) is 0 Å². The fourth-order valence-electron chi connectivity index (χ4n) is 2.21. The van der Waals surface area contributed by atoms with E-state index in [9.17, 15) is 9.90 Å². The fourth-order valence-corrected chi connectivity index (χ4v) is 2.21. The number of aliphatic carboxylic acids is 1. The van der Waals surface area contributed by atoms with Crippen LogP contribution in [0.3, 0.4) is 0 Å². The number of carboxylic acids is 1. The van der Waals surface area contributed by atoms with E-state index in [1.165, 1.54) is 0 Å². The van der Waals surface area contributed by atoms with Crippen molar-refractivity contribution >= 4 is 5.97 Å². The third-order valence-corrected chi connectivity index (χ3v) is 3.79. The maximum absolute atomic E-state index is 10.9. The normalized spacial score (nSPS) is 31.8. The Bertz CT molecular complexity index is 253. The quantitative estimate of drug-likeness (QED) is 0.766. The molecule has 1 saturated heterocycles. The summed E-state index contributed by atoms with van der Waals surface area (Å²) < 4.78 is 0. The number of likely N-dealkylation sites (tertiary alicyclic amines) is 1. The minimum Gasteiger partial charge on any atom is -0.481 e. The van der Waals surface area contributed by atoms with Gasteiger partial charge in [-0.3, -0.25) is 9.69 Å². The third-order valence-electron chi connectivity index (χ3n) is 3.79. The first kappa shape index (κ1) is 13.5. The molecular formula is C12H23NO3. The second-order valence-corrected chi connectivity index (χ2v) is 5.25. The van der Waals surface area contributed by atoms with Gasteiger partial charge in [0.05, 0.1) is 11.5 Å². The van der Waals surface area contributed by atoms with E-state index in [2.05, 4.69) is 4.90 Å². The Morgan fingerprint density at radius 2 is 1.94 bits per heavy atom. The summed E-state index contributed by atoms with van der Waals surface area (Å²) in [6.45, 7) is 7.23. The molecule has 4 heteroatoms. The van der Waals surface area contributed by atoms with Gasteiger partial charge in [0, 0.05) is 12.6 Å². The van der Waals surface area contributed by atoms with E-state index in [0.29, 0.717) is 0 Å². The zero-order valence-electron chi connectivity index (χ0n) is 10.4. The molecule has 0 aromatic carbocycles. The summed E-state index contributed by atoms with van der Waals surface area (Å²) >= 11 is 0. The Kier molecular flexibility index (Phi) is 4.33. The van der Waals surface area contributed by atoms with Gasteiger partial charge in [-0.05, 0) is 39.7 Å². The maximum Gasteiger partial charge on any atom is 0.307 e. The topological polar surface area (TPSA) is 60.8 Å². The zero-order chi connectivity index (χ0) is 12.3. The molecule has 94 valence electrons. The average molecular weight is 229 g/mol. The number of carbonyl (C=O) groups is 1. The molecule has 0 saturated carbocycles. The summed E-state index contributed by atoms with van der Waals surface area (Å²) in [5.74, 6) is -1.11. The van der Waals surface area contributed by atoms with Crippen LogP contribution in [0, 0.1) is 5.92 Å². The number of nitrogens with zero attached hydrogens (tertiary/aromatic N) is 1. The van der Waals surface area contributed by atoms with Crippen LogP contribution in [0.1, 0.15) is 40.0 Å². The lowest BCUT2D eigenvalue weighted by atomic mass is 9.98. The Morgan fingerprint density at radius 1 is 1.31 bits per heavy atom. The Labute approximate surface area is 97.3 Å². The van der Waals surface area contributed by atoms with Crippen LogP contribution in [0.5, 0.6) is 0 Å². The lowest BCUT2D eigenvalue weighted by Crippen LogP contribution is -2.41. The minimum atomic E-state index is -0.747. The van der Waals surface area contributed by atoms with Gasteiger partial charge in [-0.1, -0.05) is 6.92 Å². The zero-order valence-corrected chi connectivity index (χ0v) is 10.4. The summed E-state index contributed by atoms with van der Waals surface area (Å²) in [4.78, 5) is 13.1. The molecule has 2 N–H and O–H groups in total. The van der Waals surface area contributed by atoms with Crippen molar-refractivity contribution in [3.8, 4) is 0 Å². The van der Waals surface area contributed by atoms with Crippen LogP contribution in [0.25, 0.3) is 0 Å². The molecule has 4 nitrogen and oxygen atoms in total. The molecule has 1 aliphatic heterocycles. The van der Waals surface area contributed by atoms with Crippen LogP contribution in [0.4, 0.5) is 0 Å². The Balaban J connectivity index is 2.57. The van der Waals surface area contributed by atoms with Gasteiger partial charge in [0.1, 0.15) is 0 Å². The first-order valence-corrected chi connectivity index (χ1v) is 6.03. The first-order chi connectivity index (χ1) is 7.33. The second-order valence-electron chi connectivity index (χ2n) is 5.25. The molecule has 16 heavy (non-hydrogen) atoms. The van der Waals surface area contributed by atoms with Crippen molar-refractivity contribution in [2.45, 2.75) is 51.7 Å².